The Labute approximate surface area is 170 Å². The summed E-state index contributed by atoms with van der Waals surface area (Å²) in [6, 6.07) is 9.51. The van der Waals surface area contributed by atoms with Crippen LogP contribution in [0.4, 0.5) is 10.2 Å². The molecule has 2 saturated carbocycles. The van der Waals surface area contributed by atoms with E-state index in [4.69, 9.17) is 4.52 Å². The standard InChI is InChI=1S/C22H18FN5O2/c23-14-5-7-15(8-6-14)28-18(9-10-24-28)26-21(29)16-11-17(12-1-2-12)25-22-19(16)20(27-30-22)13-3-4-13/h5-13H,1-4H2,(H,26,29). The zero-order valence-corrected chi connectivity index (χ0v) is 16.0. The van der Waals surface area contributed by atoms with E-state index in [9.17, 15) is 9.18 Å². The van der Waals surface area contributed by atoms with Gasteiger partial charge in [-0.3, -0.25) is 4.79 Å². The third-order valence-electron chi connectivity index (χ3n) is 5.65. The van der Waals surface area contributed by atoms with Crippen LogP contribution in [0.15, 0.2) is 47.1 Å². The van der Waals surface area contributed by atoms with Crippen molar-refractivity contribution in [2.75, 3.05) is 5.32 Å². The second-order valence-corrected chi connectivity index (χ2v) is 7.95. The lowest BCUT2D eigenvalue weighted by Gasteiger charge is -2.10. The van der Waals surface area contributed by atoms with Gasteiger partial charge < -0.3 is 9.84 Å². The first-order chi connectivity index (χ1) is 14.7. The second-order valence-electron chi connectivity index (χ2n) is 7.95. The molecule has 1 amide bonds. The number of hydrogen-bond acceptors (Lipinski definition) is 5. The number of carbonyl (C=O) groups is 1. The second kappa shape index (κ2) is 6.48. The summed E-state index contributed by atoms with van der Waals surface area (Å²) >= 11 is 0. The fourth-order valence-corrected chi connectivity index (χ4v) is 3.76. The van der Waals surface area contributed by atoms with E-state index in [1.807, 2.05) is 6.07 Å². The van der Waals surface area contributed by atoms with Gasteiger partial charge in [0.15, 0.2) is 0 Å². The van der Waals surface area contributed by atoms with E-state index in [1.54, 1.807) is 29.1 Å². The highest BCUT2D eigenvalue weighted by Crippen LogP contribution is 2.45. The molecule has 4 aromatic rings. The highest BCUT2D eigenvalue weighted by atomic mass is 19.1. The Morgan fingerprint density at radius 2 is 1.87 bits per heavy atom. The molecule has 0 radical (unpaired) electrons. The van der Waals surface area contributed by atoms with Crippen LogP contribution in [0.3, 0.4) is 0 Å². The molecule has 1 aromatic carbocycles. The summed E-state index contributed by atoms with van der Waals surface area (Å²) in [5, 5.41) is 12.1. The van der Waals surface area contributed by atoms with Crippen LogP contribution in [0.25, 0.3) is 16.8 Å². The number of amides is 1. The summed E-state index contributed by atoms with van der Waals surface area (Å²) in [5.41, 5.74) is 3.30. The number of nitrogens with one attached hydrogen (secondary N) is 1. The summed E-state index contributed by atoms with van der Waals surface area (Å²) in [7, 11) is 0. The number of halogens is 1. The summed E-state index contributed by atoms with van der Waals surface area (Å²) in [4.78, 5) is 18.0. The Morgan fingerprint density at radius 1 is 1.10 bits per heavy atom. The highest BCUT2D eigenvalue weighted by molar-refractivity contribution is 6.12. The molecule has 3 aromatic heterocycles. The largest absolute Gasteiger partial charge is 0.335 e. The van der Waals surface area contributed by atoms with Crippen molar-refractivity contribution in [1.29, 1.82) is 0 Å². The molecule has 3 heterocycles. The van der Waals surface area contributed by atoms with E-state index in [2.05, 4.69) is 20.6 Å². The van der Waals surface area contributed by atoms with Crippen LogP contribution in [-0.2, 0) is 0 Å². The van der Waals surface area contributed by atoms with Crippen molar-refractivity contribution in [3.8, 4) is 5.69 Å². The third kappa shape index (κ3) is 2.96. The van der Waals surface area contributed by atoms with Crippen molar-refractivity contribution in [1.82, 2.24) is 19.9 Å². The Balaban J connectivity index is 1.40. The van der Waals surface area contributed by atoms with Gasteiger partial charge in [-0.15, -0.1) is 0 Å². The average Bonchev–Trinajstić information content (AvgIpc) is 3.69. The van der Waals surface area contributed by atoms with Gasteiger partial charge in [-0.1, -0.05) is 5.16 Å². The van der Waals surface area contributed by atoms with Gasteiger partial charge in [-0.25, -0.2) is 14.1 Å². The van der Waals surface area contributed by atoms with E-state index in [1.165, 1.54) is 12.1 Å². The van der Waals surface area contributed by atoms with Crippen LogP contribution in [0.5, 0.6) is 0 Å². The molecule has 0 aliphatic heterocycles. The van der Waals surface area contributed by atoms with Crippen LogP contribution in [-0.4, -0.2) is 25.8 Å². The van der Waals surface area contributed by atoms with E-state index in [-0.39, 0.29) is 11.7 Å². The molecule has 6 rings (SSSR count). The molecule has 2 aliphatic carbocycles. The number of nitrogens with zero attached hydrogens (tertiary/aromatic N) is 4. The topological polar surface area (TPSA) is 85.8 Å². The minimum atomic E-state index is -0.330. The number of fused-ring (bicyclic) bond motifs is 1. The summed E-state index contributed by atoms with van der Waals surface area (Å²) in [6.07, 6.45) is 5.82. The predicted molar refractivity (Wildman–Crippen MR) is 107 cm³/mol. The first-order valence-corrected chi connectivity index (χ1v) is 10.1. The number of benzene rings is 1. The van der Waals surface area contributed by atoms with Gasteiger partial charge in [0.1, 0.15) is 11.6 Å². The molecule has 7 nitrogen and oxygen atoms in total. The van der Waals surface area contributed by atoms with Crippen molar-refractivity contribution in [3.63, 3.8) is 0 Å². The molecule has 1 N–H and O–H groups in total. The molecule has 2 aliphatic rings. The molecule has 0 atom stereocenters. The Bertz CT molecular complexity index is 1270. The normalized spacial score (nSPS) is 16.2. The molecule has 2 fully saturated rings. The van der Waals surface area contributed by atoms with E-state index in [0.29, 0.717) is 40.0 Å². The lowest BCUT2D eigenvalue weighted by molar-refractivity contribution is 0.102. The van der Waals surface area contributed by atoms with Gasteiger partial charge in [0, 0.05) is 23.6 Å². The molecule has 150 valence electrons. The van der Waals surface area contributed by atoms with Crippen molar-refractivity contribution in [2.45, 2.75) is 37.5 Å². The van der Waals surface area contributed by atoms with Crippen molar-refractivity contribution in [2.24, 2.45) is 0 Å². The molecule has 0 spiro atoms. The fraction of sp³-hybridized carbons (Fsp3) is 0.273. The zero-order chi connectivity index (χ0) is 20.2. The lowest BCUT2D eigenvalue weighted by Crippen LogP contribution is -2.16. The minimum Gasteiger partial charge on any atom is -0.335 e. The third-order valence-corrected chi connectivity index (χ3v) is 5.65. The maximum absolute atomic E-state index is 13.3. The zero-order valence-electron chi connectivity index (χ0n) is 16.0. The monoisotopic (exact) mass is 403 g/mol. The first kappa shape index (κ1) is 17.3. The quantitative estimate of drug-likeness (QED) is 0.528. The Kier molecular flexibility index (Phi) is 3.74. The molecule has 30 heavy (non-hydrogen) atoms. The number of aromatic nitrogens is 4. The molecule has 0 unspecified atom stereocenters. The first-order valence-electron chi connectivity index (χ1n) is 10.1. The number of carbonyl (C=O) groups excluding carboxylic acids is 1. The fourth-order valence-electron chi connectivity index (χ4n) is 3.76. The van der Waals surface area contributed by atoms with Gasteiger partial charge in [0.05, 0.1) is 28.5 Å². The maximum atomic E-state index is 13.3. The van der Waals surface area contributed by atoms with E-state index >= 15 is 0 Å². The number of rotatable bonds is 5. The van der Waals surface area contributed by atoms with Crippen LogP contribution in [0.2, 0.25) is 0 Å². The molecular weight excluding hydrogens is 385 g/mol. The average molecular weight is 403 g/mol. The maximum Gasteiger partial charge on any atom is 0.259 e. The smallest absolute Gasteiger partial charge is 0.259 e. The van der Waals surface area contributed by atoms with Gasteiger partial charge in [0.25, 0.3) is 11.6 Å². The summed E-state index contributed by atoms with van der Waals surface area (Å²) < 4.78 is 20.3. The van der Waals surface area contributed by atoms with Gasteiger partial charge >= 0.3 is 0 Å². The van der Waals surface area contributed by atoms with E-state index < -0.39 is 0 Å². The van der Waals surface area contributed by atoms with Crippen LogP contribution >= 0.6 is 0 Å². The highest BCUT2D eigenvalue weighted by Gasteiger charge is 2.34. The Hall–Kier alpha value is -3.55. The summed E-state index contributed by atoms with van der Waals surface area (Å²) in [5.74, 6) is 0.604. The SMILES string of the molecule is O=C(Nc1ccnn1-c1ccc(F)cc1)c1cc(C2CC2)nc2onc(C3CC3)c12. The number of anilines is 1. The van der Waals surface area contributed by atoms with Crippen molar-refractivity contribution in [3.05, 3.63) is 65.4 Å². The van der Waals surface area contributed by atoms with Gasteiger partial charge in [0.2, 0.25) is 0 Å². The van der Waals surface area contributed by atoms with E-state index in [0.717, 1.165) is 37.1 Å². The van der Waals surface area contributed by atoms with Crippen LogP contribution in [0, 0.1) is 5.82 Å². The molecule has 0 bridgehead atoms. The molecular formula is C22H18FN5O2. The van der Waals surface area contributed by atoms with Crippen LogP contribution < -0.4 is 5.32 Å². The van der Waals surface area contributed by atoms with Crippen molar-refractivity contribution < 1.29 is 13.7 Å². The summed E-state index contributed by atoms with van der Waals surface area (Å²) in [6.45, 7) is 0. The molecule has 0 saturated heterocycles. The minimum absolute atomic E-state index is 0.265. The molecule has 8 heteroatoms. The number of pyridine rings is 1. The Morgan fingerprint density at radius 3 is 2.60 bits per heavy atom. The predicted octanol–water partition coefficient (Wildman–Crippen LogP) is 4.55. The van der Waals surface area contributed by atoms with Crippen LogP contribution in [0.1, 0.15) is 59.3 Å². The number of hydrogen-bond donors (Lipinski definition) is 1. The van der Waals surface area contributed by atoms with Crippen molar-refractivity contribution >= 4 is 22.8 Å². The lowest BCUT2D eigenvalue weighted by atomic mass is 10.1. The van der Waals surface area contributed by atoms with Gasteiger partial charge in [-0.05, 0) is 56.0 Å². The van der Waals surface area contributed by atoms with Gasteiger partial charge in [-0.2, -0.15) is 5.10 Å².